The summed E-state index contributed by atoms with van der Waals surface area (Å²) in [5, 5.41) is 9.85. The molecule has 0 saturated carbocycles. The molecule has 0 unspecified atom stereocenters. The second kappa shape index (κ2) is 12.8. The summed E-state index contributed by atoms with van der Waals surface area (Å²) in [5.74, 6) is -0.0403. The summed E-state index contributed by atoms with van der Waals surface area (Å²) in [4.78, 5) is 23.2. The van der Waals surface area contributed by atoms with Crippen molar-refractivity contribution in [3.05, 3.63) is 82.1 Å². The maximum absolute atomic E-state index is 14.1. The Morgan fingerprint density at radius 2 is 1.98 bits per heavy atom. The summed E-state index contributed by atoms with van der Waals surface area (Å²) >= 11 is 5.84. The zero-order chi connectivity index (χ0) is 28.1. The highest BCUT2D eigenvalue weighted by Gasteiger charge is 2.25. The van der Waals surface area contributed by atoms with Crippen LogP contribution in [0.5, 0.6) is 5.88 Å². The molecule has 0 radical (unpaired) electrons. The second-order valence-corrected chi connectivity index (χ2v) is 10.7. The number of halogens is 2. The second-order valence-electron chi connectivity index (χ2n) is 10.2. The van der Waals surface area contributed by atoms with Crippen LogP contribution in [-0.4, -0.2) is 79.5 Å². The zero-order valence-electron chi connectivity index (χ0n) is 22.6. The van der Waals surface area contributed by atoms with Crippen molar-refractivity contribution in [2.75, 3.05) is 62.2 Å². The predicted octanol–water partition coefficient (Wildman–Crippen LogP) is 4.88. The fourth-order valence-corrected chi connectivity index (χ4v) is 5.14. The van der Waals surface area contributed by atoms with Crippen molar-refractivity contribution < 1.29 is 23.8 Å². The van der Waals surface area contributed by atoms with Crippen LogP contribution in [0.1, 0.15) is 27.9 Å². The van der Waals surface area contributed by atoms with Gasteiger partial charge in [0.2, 0.25) is 5.88 Å². The highest BCUT2D eigenvalue weighted by molar-refractivity contribution is 6.30. The van der Waals surface area contributed by atoms with Gasteiger partial charge in [0.25, 0.3) is 0 Å². The van der Waals surface area contributed by atoms with Crippen molar-refractivity contribution in [1.82, 2.24) is 9.88 Å². The molecular formula is C30H34ClFN4O4. The van der Waals surface area contributed by atoms with Gasteiger partial charge in [-0.15, -0.1) is 0 Å². The van der Waals surface area contributed by atoms with Crippen LogP contribution in [0.25, 0.3) is 0 Å². The zero-order valence-corrected chi connectivity index (χ0v) is 23.3. The number of carboxylic acid groups (broad SMARTS) is 1. The number of aromatic nitrogens is 1. The number of ether oxygens (including phenoxy) is 2. The number of carbonyl (C=O) groups is 1. The maximum Gasteiger partial charge on any atom is 0.335 e. The van der Waals surface area contributed by atoms with Crippen molar-refractivity contribution >= 4 is 29.1 Å². The largest absolute Gasteiger partial charge is 0.478 e. The summed E-state index contributed by atoms with van der Waals surface area (Å²) in [7, 11) is 0. The first kappa shape index (κ1) is 28.1. The quantitative estimate of drug-likeness (QED) is 0.351. The summed E-state index contributed by atoms with van der Waals surface area (Å²) in [5.41, 5.74) is 2.73. The van der Waals surface area contributed by atoms with Gasteiger partial charge in [-0.3, -0.25) is 4.90 Å². The van der Waals surface area contributed by atoms with Crippen molar-refractivity contribution in [3.8, 4) is 5.88 Å². The van der Waals surface area contributed by atoms with E-state index in [0.29, 0.717) is 22.0 Å². The highest BCUT2D eigenvalue weighted by Crippen LogP contribution is 2.25. The number of hydrogen-bond acceptors (Lipinski definition) is 7. The fourth-order valence-electron chi connectivity index (χ4n) is 4.98. The van der Waals surface area contributed by atoms with E-state index in [1.54, 1.807) is 30.3 Å². The molecule has 1 atom stereocenters. The molecular weight excluding hydrogens is 535 g/mol. The van der Waals surface area contributed by atoms with Gasteiger partial charge in [0.05, 0.1) is 11.7 Å². The number of rotatable bonds is 11. The standard InChI is InChI=1S/C30H34ClFN4O4/c1-21-5-6-22(30(37)38)17-27(21)36(19-25-9-16-39-25)15-12-34-10-13-35(14-11-34)28-3-2-4-29(33-28)40-20-23-7-8-24(31)18-26(23)32/h2-8,17-18,25H,9-16,19-20H2,1H3,(H,37,38)/t25-/m1/s1. The minimum Gasteiger partial charge on any atom is -0.478 e. The number of anilines is 2. The average molecular weight is 569 g/mol. The molecule has 3 heterocycles. The molecule has 1 aromatic heterocycles. The van der Waals surface area contributed by atoms with Crippen LogP contribution in [0.4, 0.5) is 15.9 Å². The minimum atomic E-state index is -0.919. The number of benzene rings is 2. The van der Waals surface area contributed by atoms with Crippen molar-refractivity contribution in [2.24, 2.45) is 0 Å². The van der Waals surface area contributed by atoms with Crippen LogP contribution < -0.4 is 14.5 Å². The molecule has 40 heavy (non-hydrogen) atoms. The normalized spacial score (nSPS) is 17.4. The number of hydrogen-bond donors (Lipinski definition) is 1. The molecule has 2 aromatic carbocycles. The van der Waals surface area contributed by atoms with E-state index in [1.807, 2.05) is 25.1 Å². The first-order valence-corrected chi connectivity index (χ1v) is 13.9. The van der Waals surface area contributed by atoms with Gasteiger partial charge in [-0.2, -0.15) is 4.98 Å². The van der Waals surface area contributed by atoms with Crippen LogP contribution in [0.3, 0.4) is 0 Å². The first-order valence-electron chi connectivity index (χ1n) is 13.6. The Kier molecular flexibility index (Phi) is 9.04. The molecule has 2 fully saturated rings. The third-order valence-electron chi connectivity index (χ3n) is 7.50. The summed E-state index contributed by atoms with van der Waals surface area (Å²) in [6, 6.07) is 15.5. The molecule has 5 rings (SSSR count). The number of aromatic carboxylic acids is 1. The molecule has 2 aliphatic rings. The third-order valence-corrected chi connectivity index (χ3v) is 7.73. The third kappa shape index (κ3) is 7.02. The lowest BCUT2D eigenvalue weighted by Gasteiger charge is -2.38. The van der Waals surface area contributed by atoms with Gasteiger partial charge in [0.15, 0.2) is 0 Å². The minimum absolute atomic E-state index is 0.0739. The first-order chi connectivity index (χ1) is 19.4. The molecule has 10 heteroatoms. The van der Waals surface area contributed by atoms with Crippen LogP contribution in [0.2, 0.25) is 5.02 Å². The molecule has 8 nitrogen and oxygen atoms in total. The van der Waals surface area contributed by atoms with E-state index in [0.717, 1.165) is 75.9 Å². The average Bonchev–Trinajstić information content (AvgIpc) is 2.92. The van der Waals surface area contributed by atoms with Crippen LogP contribution in [0.15, 0.2) is 54.6 Å². The number of aryl methyl sites for hydroxylation is 1. The highest BCUT2D eigenvalue weighted by atomic mass is 35.5. The summed E-state index contributed by atoms with van der Waals surface area (Å²) in [6.45, 7) is 8.68. The van der Waals surface area contributed by atoms with Crippen LogP contribution in [0, 0.1) is 12.7 Å². The molecule has 0 amide bonds. The SMILES string of the molecule is Cc1ccc(C(=O)O)cc1N(CCN1CCN(c2cccc(OCc3ccc(Cl)cc3F)n2)CC1)C[C@H]1CCO1. The van der Waals surface area contributed by atoms with E-state index in [-0.39, 0.29) is 12.7 Å². The van der Waals surface area contributed by atoms with E-state index in [9.17, 15) is 14.3 Å². The van der Waals surface area contributed by atoms with E-state index in [1.165, 1.54) is 6.07 Å². The maximum atomic E-state index is 14.1. The van der Waals surface area contributed by atoms with Gasteiger partial charge in [0, 0.05) is 74.8 Å². The Hall–Kier alpha value is -3.40. The van der Waals surface area contributed by atoms with Crippen LogP contribution >= 0.6 is 11.6 Å². The number of pyridine rings is 1. The lowest BCUT2D eigenvalue weighted by Crippen LogP contribution is -2.50. The fraction of sp³-hybridized carbons (Fsp3) is 0.400. The molecule has 0 bridgehead atoms. The number of carboxylic acids is 1. The van der Waals surface area contributed by atoms with Gasteiger partial charge >= 0.3 is 5.97 Å². The Morgan fingerprint density at radius 1 is 1.18 bits per heavy atom. The van der Waals surface area contributed by atoms with Crippen LogP contribution in [-0.2, 0) is 11.3 Å². The lowest BCUT2D eigenvalue weighted by atomic mass is 10.1. The smallest absolute Gasteiger partial charge is 0.335 e. The molecule has 2 saturated heterocycles. The van der Waals surface area contributed by atoms with E-state index in [2.05, 4.69) is 19.7 Å². The van der Waals surface area contributed by atoms with Crippen molar-refractivity contribution in [3.63, 3.8) is 0 Å². The van der Waals surface area contributed by atoms with E-state index in [4.69, 9.17) is 21.1 Å². The summed E-state index contributed by atoms with van der Waals surface area (Å²) in [6.07, 6.45) is 1.21. The Balaban J connectivity index is 1.16. The Bertz CT molecular complexity index is 1330. The topological polar surface area (TPSA) is 78.4 Å². The molecule has 3 aromatic rings. The van der Waals surface area contributed by atoms with Gasteiger partial charge in [-0.05, 0) is 49.2 Å². The van der Waals surface area contributed by atoms with Crippen molar-refractivity contribution in [1.29, 1.82) is 0 Å². The molecule has 212 valence electrons. The number of nitrogens with zero attached hydrogens (tertiary/aromatic N) is 4. The molecule has 2 aliphatic heterocycles. The van der Waals surface area contributed by atoms with Gasteiger partial charge in [-0.1, -0.05) is 29.8 Å². The molecule has 0 spiro atoms. The predicted molar refractivity (Wildman–Crippen MR) is 153 cm³/mol. The van der Waals surface area contributed by atoms with Crippen molar-refractivity contribution in [2.45, 2.75) is 26.1 Å². The van der Waals surface area contributed by atoms with Gasteiger partial charge < -0.3 is 24.4 Å². The monoisotopic (exact) mass is 568 g/mol. The summed E-state index contributed by atoms with van der Waals surface area (Å²) < 4.78 is 25.6. The lowest BCUT2D eigenvalue weighted by molar-refractivity contribution is -0.0446. The van der Waals surface area contributed by atoms with Gasteiger partial charge in [-0.25, -0.2) is 9.18 Å². The van der Waals surface area contributed by atoms with Gasteiger partial charge in [0.1, 0.15) is 18.2 Å². The number of piperazine rings is 1. The van der Waals surface area contributed by atoms with E-state index < -0.39 is 11.8 Å². The molecule has 1 N–H and O–H groups in total. The Labute approximate surface area is 238 Å². The Morgan fingerprint density at radius 3 is 2.67 bits per heavy atom. The van der Waals surface area contributed by atoms with E-state index >= 15 is 0 Å². The molecule has 0 aliphatic carbocycles.